The molecule has 1 heterocycles. The molecule has 1 aromatic carbocycles. The van der Waals surface area contributed by atoms with Gasteiger partial charge in [0.25, 0.3) is 0 Å². The van der Waals surface area contributed by atoms with E-state index < -0.39 is 0 Å². The predicted molar refractivity (Wildman–Crippen MR) is 75.8 cm³/mol. The predicted octanol–water partition coefficient (Wildman–Crippen LogP) is 1.73. The summed E-state index contributed by atoms with van der Waals surface area (Å²) >= 11 is 0. The van der Waals surface area contributed by atoms with Crippen molar-refractivity contribution < 1.29 is 4.79 Å². The van der Waals surface area contributed by atoms with Crippen LogP contribution in [0.15, 0.2) is 30.3 Å². The molecule has 2 N–H and O–H groups in total. The second-order valence-electron chi connectivity index (χ2n) is 5.85. The number of amides is 1. The second kappa shape index (κ2) is 5.74. The summed E-state index contributed by atoms with van der Waals surface area (Å²) in [7, 11) is 0. The van der Waals surface area contributed by atoms with Gasteiger partial charge in [-0.05, 0) is 30.7 Å². The van der Waals surface area contributed by atoms with E-state index in [0.29, 0.717) is 12.0 Å². The van der Waals surface area contributed by atoms with E-state index in [0.717, 1.165) is 25.9 Å². The van der Waals surface area contributed by atoms with Gasteiger partial charge in [0, 0.05) is 19.1 Å². The van der Waals surface area contributed by atoms with Gasteiger partial charge in [0.1, 0.15) is 0 Å². The largest absolute Gasteiger partial charge is 0.353 e. The van der Waals surface area contributed by atoms with Crippen molar-refractivity contribution in [1.82, 2.24) is 10.6 Å². The van der Waals surface area contributed by atoms with Crippen LogP contribution in [0.3, 0.4) is 0 Å². The highest BCUT2D eigenvalue weighted by Crippen LogP contribution is 2.29. The number of hydrogen-bond acceptors (Lipinski definition) is 2. The molecule has 1 saturated heterocycles. The fourth-order valence-corrected chi connectivity index (χ4v) is 3.16. The fourth-order valence-electron chi connectivity index (χ4n) is 3.16. The van der Waals surface area contributed by atoms with Crippen LogP contribution in [0.25, 0.3) is 0 Å². The van der Waals surface area contributed by atoms with Crippen LogP contribution in [0.4, 0.5) is 0 Å². The molecule has 3 nitrogen and oxygen atoms in total. The number of benzene rings is 1. The number of rotatable bonds is 4. The Kier molecular flexibility index (Phi) is 3.83. The van der Waals surface area contributed by atoms with Gasteiger partial charge in [-0.15, -0.1) is 0 Å². The van der Waals surface area contributed by atoms with E-state index in [2.05, 4.69) is 41.0 Å². The van der Waals surface area contributed by atoms with E-state index in [4.69, 9.17) is 0 Å². The summed E-state index contributed by atoms with van der Waals surface area (Å²) < 4.78 is 0. The van der Waals surface area contributed by atoms with Crippen molar-refractivity contribution >= 4 is 5.91 Å². The Bertz CT molecular complexity index is 428. The number of hydrogen-bond donors (Lipinski definition) is 2. The van der Waals surface area contributed by atoms with E-state index in [1.54, 1.807) is 0 Å². The van der Waals surface area contributed by atoms with Crippen LogP contribution in [0, 0.1) is 11.8 Å². The highest BCUT2D eigenvalue weighted by atomic mass is 16.2. The Morgan fingerprint density at radius 2 is 2.00 bits per heavy atom. The molecule has 1 aliphatic heterocycles. The summed E-state index contributed by atoms with van der Waals surface area (Å²) in [6, 6.07) is 11.0. The van der Waals surface area contributed by atoms with Crippen molar-refractivity contribution in [2.24, 2.45) is 11.8 Å². The molecule has 1 amide bonds. The molecule has 1 aromatic rings. The van der Waals surface area contributed by atoms with Crippen LogP contribution in [0.1, 0.15) is 24.8 Å². The zero-order chi connectivity index (χ0) is 13.1. The Morgan fingerprint density at radius 3 is 2.68 bits per heavy atom. The lowest BCUT2D eigenvalue weighted by atomic mass is 9.93. The molecule has 2 atom stereocenters. The maximum Gasteiger partial charge on any atom is 0.225 e. The van der Waals surface area contributed by atoms with Gasteiger partial charge in [0.15, 0.2) is 0 Å². The minimum absolute atomic E-state index is 0.206. The summed E-state index contributed by atoms with van der Waals surface area (Å²) in [6.07, 6.45) is 4.71. The average Bonchev–Trinajstić information content (AvgIpc) is 2.75. The van der Waals surface area contributed by atoms with Crippen molar-refractivity contribution in [2.75, 3.05) is 13.1 Å². The van der Waals surface area contributed by atoms with Crippen LogP contribution in [0.5, 0.6) is 0 Å². The first-order valence-electron chi connectivity index (χ1n) is 7.38. The first-order chi connectivity index (χ1) is 9.33. The second-order valence-corrected chi connectivity index (χ2v) is 5.85. The molecule has 2 fully saturated rings. The third kappa shape index (κ3) is 2.98. The normalized spacial score (nSPS) is 26.9. The van der Waals surface area contributed by atoms with Crippen LogP contribution < -0.4 is 10.6 Å². The first-order valence-corrected chi connectivity index (χ1v) is 7.38. The van der Waals surface area contributed by atoms with E-state index in [-0.39, 0.29) is 11.8 Å². The fraction of sp³-hybridized carbons (Fsp3) is 0.562. The SMILES string of the molecule is O=C(NC1CCCC1Cc1ccccc1)C1CNC1. The van der Waals surface area contributed by atoms with Gasteiger partial charge in [-0.1, -0.05) is 36.8 Å². The zero-order valence-electron chi connectivity index (χ0n) is 11.3. The van der Waals surface area contributed by atoms with Gasteiger partial charge in [-0.25, -0.2) is 0 Å². The Morgan fingerprint density at radius 1 is 1.21 bits per heavy atom. The van der Waals surface area contributed by atoms with Crippen LogP contribution in [-0.4, -0.2) is 25.0 Å². The average molecular weight is 258 g/mol. The Labute approximate surface area is 114 Å². The van der Waals surface area contributed by atoms with Gasteiger partial charge in [-0.3, -0.25) is 4.79 Å². The molecule has 19 heavy (non-hydrogen) atoms. The van der Waals surface area contributed by atoms with E-state index in [1.165, 1.54) is 18.4 Å². The lowest BCUT2D eigenvalue weighted by Crippen LogP contribution is -2.53. The van der Waals surface area contributed by atoms with Gasteiger partial charge in [0.05, 0.1) is 5.92 Å². The lowest BCUT2D eigenvalue weighted by Gasteiger charge is -2.29. The maximum atomic E-state index is 12.0. The Balaban J connectivity index is 1.56. The molecule has 0 spiro atoms. The van der Waals surface area contributed by atoms with E-state index in [1.807, 2.05) is 0 Å². The minimum atomic E-state index is 0.206. The lowest BCUT2D eigenvalue weighted by molar-refractivity contribution is -0.127. The molecule has 1 aliphatic carbocycles. The molecule has 2 aliphatic rings. The van der Waals surface area contributed by atoms with Crippen LogP contribution >= 0.6 is 0 Å². The topological polar surface area (TPSA) is 41.1 Å². The number of carbonyl (C=O) groups is 1. The molecule has 0 radical (unpaired) electrons. The molecule has 0 aromatic heterocycles. The van der Waals surface area contributed by atoms with Gasteiger partial charge in [-0.2, -0.15) is 0 Å². The molecule has 102 valence electrons. The Hall–Kier alpha value is -1.35. The highest BCUT2D eigenvalue weighted by molar-refractivity contribution is 5.80. The third-order valence-electron chi connectivity index (χ3n) is 4.48. The van der Waals surface area contributed by atoms with Gasteiger partial charge >= 0.3 is 0 Å². The van der Waals surface area contributed by atoms with Crippen molar-refractivity contribution in [1.29, 1.82) is 0 Å². The van der Waals surface area contributed by atoms with Gasteiger partial charge in [0.2, 0.25) is 5.91 Å². The molecule has 1 saturated carbocycles. The molecule has 2 unspecified atom stereocenters. The monoisotopic (exact) mass is 258 g/mol. The summed E-state index contributed by atoms with van der Waals surface area (Å²) in [6.45, 7) is 1.70. The van der Waals surface area contributed by atoms with E-state index >= 15 is 0 Å². The van der Waals surface area contributed by atoms with Crippen LogP contribution in [0.2, 0.25) is 0 Å². The summed E-state index contributed by atoms with van der Waals surface area (Å²) in [5.41, 5.74) is 1.39. The van der Waals surface area contributed by atoms with Crippen LogP contribution in [-0.2, 0) is 11.2 Å². The van der Waals surface area contributed by atoms with Crippen molar-refractivity contribution in [3.8, 4) is 0 Å². The molecular weight excluding hydrogens is 236 g/mol. The van der Waals surface area contributed by atoms with Gasteiger partial charge < -0.3 is 10.6 Å². The third-order valence-corrected chi connectivity index (χ3v) is 4.48. The quantitative estimate of drug-likeness (QED) is 0.863. The molecule has 0 bridgehead atoms. The smallest absolute Gasteiger partial charge is 0.225 e. The summed E-state index contributed by atoms with van der Waals surface area (Å²) in [5.74, 6) is 1.07. The summed E-state index contributed by atoms with van der Waals surface area (Å²) in [5, 5.41) is 6.43. The van der Waals surface area contributed by atoms with E-state index in [9.17, 15) is 4.79 Å². The summed E-state index contributed by atoms with van der Waals surface area (Å²) in [4.78, 5) is 12.0. The maximum absolute atomic E-state index is 12.0. The minimum Gasteiger partial charge on any atom is -0.353 e. The number of nitrogens with one attached hydrogen (secondary N) is 2. The van der Waals surface area contributed by atoms with Crippen molar-refractivity contribution in [3.05, 3.63) is 35.9 Å². The molecule has 3 heteroatoms. The number of carbonyl (C=O) groups excluding carboxylic acids is 1. The zero-order valence-corrected chi connectivity index (χ0v) is 11.3. The highest BCUT2D eigenvalue weighted by Gasteiger charge is 2.32. The van der Waals surface area contributed by atoms with Crippen molar-refractivity contribution in [2.45, 2.75) is 31.7 Å². The molecule has 3 rings (SSSR count). The standard InChI is InChI=1S/C16H22N2O/c19-16(14-10-17-11-14)18-15-8-4-7-13(15)9-12-5-2-1-3-6-12/h1-3,5-6,13-15,17H,4,7-11H2,(H,18,19). The van der Waals surface area contributed by atoms with Crippen molar-refractivity contribution in [3.63, 3.8) is 0 Å². The molecular formula is C16H22N2O. The first kappa shape index (κ1) is 12.7.